The molecule has 1 N–H and O–H groups in total. The molecule has 6 heteroatoms. The van der Waals surface area contributed by atoms with Crippen LogP contribution in [0.5, 0.6) is 17.2 Å². The smallest absolute Gasteiger partial charge is 0.222 e. The number of hydrogen-bond donors (Lipinski definition) is 1. The molecule has 2 atom stereocenters. The van der Waals surface area contributed by atoms with E-state index < -0.39 is 0 Å². The number of fused-ring (bicyclic) bond motifs is 3. The Hall–Kier alpha value is -2.99. The molecule has 3 aromatic rings. The van der Waals surface area contributed by atoms with E-state index in [2.05, 4.69) is 22.5 Å². The minimum Gasteiger partial charge on any atom is -0.504 e. The molecule has 2 aliphatic heterocycles. The third kappa shape index (κ3) is 2.64. The van der Waals surface area contributed by atoms with Gasteiger partial charge < -0.3 is 14.6 Å². The summed E-state index contributed by atoms with van der Waals surface area (Å²) in [6.45, 7) is 0. The Bertz CT molecular complexity index is 1020. The second-order valence-corrected chi connectivity index (χ2v) is 7.54. The maximum absolute atomic E-state index is 9.89. The summed E-state index contributed by atoms with van der Waals surface area (Å²) in [5.74, 6) is 1.49. The number of phenolic OH excluding ortho intramolecular Hbond substituents is 1. The number of methoxy groups -OCH3 is 1. The molecule has 0 aliphatic carbocycles. The molecular weight excluding hydrogens is 360 g/mol. The molecule has 0 spiro atoms. The summed E-state index contributed by atoms with van der Waals surface area (Å²) in [4.78, 5) is 1.13. The Balaban J connectivity index is 1.58. The molecule has 0 fully saturated rings. The number of para-hydroxylation sites is 1. The van der Waals surface area contributed by atoms with Crippen molar-refractivity contribution in [3.8, 4) is 17.2 Å². The maximum atomic E-state index is 9.89. The largest absolute Gasteiger partial charge is 0.504 e. The predicted octanol–water partition coefficient (Wildman–Crippen LogP) is 4.70. The number of phenols is 1. The summed E-state index contributed by atoms with van der Waals surface area (Å²) in [7, 11) is 1.55. The second-order valence-electron chi connectivity index (χ2n) is 6.56. The molecule has 0 saturated carbocycles. The van der Waals surface area contributed by atoms with Gasteiger partial charge in [0.25, 0.3) is 0 Å². The number of benzene rings is 2. The van der Waals surface area contributed by atoms with Crippen LogP contribution in [0.2, 0.25) is 0 Å². The van der Waals surface area contributed by atoms with Gasteiger partial charge in [0.15, 0.2) is 11.5 Å². The third-order valence-corrected chi connectivity index (χ3v) is 5.90. The van der Waals surface area contributed by atoms with Crippen LogP contribution in [0.15, 0.2) is 65.1 Å². The van der Waals surface area contributed by atoms with E-state index in [-0.39, 0.29) is 18.0 Å². The molecule has 27 heavy (non-hydrogen) atoms. The first-order valence-corrected chi connectivity index (χ1v) is 9.65. The molecular formula is C21H18N2O3S. The lowest BCUT2D eigenvalue weighted by Crippen LogP contribution is -2.33. The van der Waals surface area contributed by atoms with Gasteiger partial charge in [-0.25, -0.2) is 5.01 Å². The molecule has 1 aromatic heterocycles. The summed E-state index contributed by atoms with van der Waals surface area (Å²) in [6.07, 6.45) is 0.539. The van der Waals surface area contributed by atoms with E-state index in [0.29, 0.717) is 5.75 Å². The minimum absolute atomic E-state index is 0.122. The first kappa shape index (κ1) is 16.2. The molecule has 5 rings (SSSR count). The molecule has 136 valence electrons. The number of hydrazone groups is 1. The van der Waals surface area contributed by atoms with E-state index in [1.54, 1.807) is 24.5 Å². The normalized spacial score (nSPS) is 20.5. The number of nitrogens with zero attached hydrogens (tertiary/aromatic N) is 2. The van der Waals surface area contributed by atoms with E-state index in [0.717, 1.165) is 33.9 Å². The van der Waals surface area contributed by atoms with Crippen molar-refractivity contribution in [2.75, 3.05) is 7.11 Å². The number of aromatic hydroxyl groups is 1. The lowest BCUT2D eigenvalue weighted by Gasteiger charge is -2.37. The molecule has 0 bridgehead atoms. The summed E-state index contributed by atoms with van der Waals surface area (Å²) < 4.78 is 11.6. The van der Waals surface area contributed by atoms with Gasteiger partial charge in [0.1, 0.15) is 5.75 Å². The Morgan fingerprint density at radius 3 is 2.89 bits per heavy atom. The zero-order valence-corrected chi connectivity index (χ0v) is 15.5. The number of rotatable bonds is 3. The van der Waals surface area contributed by atoms with E-state index in [1.165, 1.54) is 0 Å². The lowest BCUT2D eigenvalue weighted by atomic mass is 9.96. The predicted molar refractivity (Wildman–Crippen MR) is 105 cm³/mol. The summed E-state index contributed by atoms with van der Waals surface area (Å²) in [5.41, 5.74) is 3.05. The topological polar surface area (TPSA) is 54.3 Å². The molecule has 0 saturated heterocycles. The Kier molecular flexibility index (Phi) is 3.79. The number of hydrogen-bond acceptors (Lipinski definition) is 6. The average Bonchev–Trinajstić information content (AvgIpc) is 3.38. The zero-order chi connectivity index (χ0) is 18.4. The summed E-state index contributed by atoms with van der Waals surface area (Å²) in [6, 6.07) is 17.8. The number of thiophene rings is 1. The van der Waals surface area contributed by atoms with Gasteiger partial charge in [-0.2, -0.15) is 5.10 Å². The Morgan fingerprint density at radius 1 is 1.19 bits per heavy atom. The van der Waals surface area contributed by atoms with Crippen molar-refractivity contribution in [1.82, 2.24) is 5.01 Å². The van der Waals surface area contributed by atoms with Crippen LogP contribution in [0, 0.1) is 0 Å². The highest BCUT2D eigenvalue weighted by Gasteiger charge is 2.41. The lowest BCUT2D eigenvalue weighted by molar-refractivity contribution is -0.0165. The SMILES string of the molecule is COc1cc(C2=NN3[C@@H](C2)c2ccccc2O[C@H]3c2cccs2)ccc1O. The summed E-state index contributed by atoms with van der Waals surface area (Å²) in [5, 5.41) is 18.9. The fourth-order valence-corrected chi connectivity index (χ4v) is 4.43. The Labute approximate surface area is 161 Å². The van der Waals surface area contributed by atoms with Crippen molar-refractivity contribution in [2.24, 2.45) is 5.10 Å². The maximum Gasteiger partial charge on any atom is 0.222 e. The van der Waals surface area contributed by atoms with Crippen molar-refractivity contribution in [3.63, 3.8) is 0 Å². The van der Waals surface area contributed by atoms with Crippen LogP contribution in [0.3, 0.4) is 0 Å². The van der Waals surface area contributed by atoms with Gasteiger partial charge in [0.05, 0.1) is 23.7 Å². The van der Waals surface area contributed by atoms with E-state index in [9.17, 15) is 5.11 Å². The van der Waals surface area contributed by atoms with Crippen molar-refractivity contribution in [3.05, 3.63) is 76.0 Å². The van der Waals surface area contributed by atoms with Crippen LogP contribution in [0.25, 0.3) is 0 Å². The van der Waals surface area contributed by atoms with Crippen LogP contribution < -0.4 is 9.47 Å². The van der Waals surface area contributed by atoms with Crippen molar-refractivity contribution in [2.45, 2.75) is 18.7 Å². The Morgan fingerprint density at radius 2 is 2.07 bits per heavy atom. The standard InChI is InChI=1S/C21H18N2O3S/c1-25-19-11-13(8-9-17(19)24)15-12-16-14-5-2-3-6-18(14)26-21(23(16)22-15)20-7-4-10-27-20/h2-11,16,21,24H,12H2,1H3/t16-,21-/m0/s1. The van der Waals surface area contributed by atoms with Gasteiger partial charge in [-0.15, -0.1) is 11.3 Å². The van der Waals surface area contributed by atoms with Gasteiger partial charge in [0.2, 0.25) is 6.23 Å². The van der Waals surface area contributed by atoms with Crippen molar-refractivity contribution >= 4 is 17.0 Å². The summed E-state index contributed by atoms with van der Waals surface area (Å²) >= 11 is 1.67. The van der Waals surface area contributed by atoms with E-state index in [1.807, 2.05) is 36.4 Å². The molecule has 0 unspecified atom stereocenters. The second kappa shape index (κ2) is 6.32. The average molecular weight is 378 g/mol. The van der Waals surface area contributed by atoms with Crippen molar-refractivity contribution < 1.29 is 14.6 Å². The van der Waals surface area contributed by atoms with Gasteiger partial charge >= 0.3 is 0 Å². The highest BCUT2D eigenvalue weighted by Crippen LogP contribution is 2.48. The fourth-order valence-electron chi connectivity index (χ4n) is 3.69. The van der Waals surface area contributed by atoms with Gasteiger partial charge in [0, 0.05) is 17.5 Å². The van der Waals surface area contributed by atoms with Crippen LogP contribution in [-0.4, -0.2) is 22.9 Å². The van der Waals surface area contributed by atoms with Crippen LogP contribution >= 0.6 is 11.3 Å². The van der Waals surface area contributed by atoms with E-state index >= 15 is 0 Å². The number of ether oxygens (including phenoxy) is 2. The van der Waals surface area contributed by atoms with Crippen LogP contribution in [0.4, 0.5) is 0 Å². The first-order valence-electron chi connectivity index (χ1n) is 8.77. The fraction of sp³-hybridized carbons (Fsp3) is 0.190. The highest BCUT2D eigenvalue weighted by atomic mass is 32.1. The van der Waals surface area contributed by atoms with Gasteiger partial charge in [-0.05, 0) is 35.7 Å². The third-order valence-electron chi connectivity index (χ3n) is 5.00. The quantitative estimate of drug-likeness (QED) is 0.717. The zero-order valence-electron chi connectivity index (χ0n) is 14.7. The molecule has 0 radical (unpaired) electrons. The van der Waals surface area contributed by atoms with Crippen LogP contribution in [-0.2, 0) is 0 Å². The van der Waals surface area contributed by atoms with Gasteiger partial charge in [-0.1, -0.05) is 24.3 Å². The molecule has 2 aromatic carbocycles. The minimum atomic E-state index is -0.235. The van der Waals surface area contributed by atoms with Crippen LogP contribution in [0.1, 0.15) is 34.7 Å². The van der Waals surface area contributed by atoms with Gasteiger partial charge in [-0.3, -0.25) is 0 Å². The molecule has 3 heterocycles. The molecule has 2 aliphatic rings. The highest BCUT2D eigenvalue weighted by molar-refractivity contribution is 7.10. The van der Waals surface area contributed by atoms with E-state index in [4.69, 9.17) is 14.6 Å². The molecule has 0 amide bonds. The monoisotopic (exact) mass is 378 g/mol. The molecule has 5 nitrogen and oxygen atoms in total. The first-order chi connectivity index (χ1) is 13.2. The van der Waals surface area contributed by atoms with Crippen molar-refractivity contribution in [1.29, 1.82) is 0 Å².